The van der Waals surface area contributed by atoms with E-state index in [0.717, 1.165) is 19.3 Å². The van der Waals surface area contributed by atoms with Gasteiger partial charge in [0, 0.05) is 10.8 Å². The molecule has 0 saturated carbocycles. The highest BCUT2D eigenvalue weighted by molar-refractivity contribution is 6.23. The molecule has 0 spiro atoms. The predicted octanol–water partition coefficient (Wildman–Crippen LogP) is 3.41. The second-order valence-corrected chi connectivity index (χ2v) is 3.48. The Morgan fingerprint density at radius 3 is 1.56 bits per heavy atom. The van der Waals surface area contributed by atoms with Crippen LogP contribution in [0.4, 0.5) is 0 Å². The molecule has 0 amide bonds. The van der Waals surface area contributed by atoms with E-state index in [1.807, 2.05) is 0 Å². The van der Waals surface area contributed by atoms with Gasteiger partial charge in [0.05, 0.1) is 0 Å². The minimum Gasteiger partial charge on any atom is -0.123 e. The van der Waals surface area contributed by atoms with Crippen LogP contribution in [0.5, 0.6) is 0 Å². The predicted molar refractivity (Wildman–Crippen MR) is 44.5 cm³/mol. The van der Waals surface area contributed by atoms with E-state index in [1.165, 1.54) is 0 Å². The fraction of sp³-hybridized carbons (Fsp3) is 1.00. The van der Waals surface area contributed by atoms with Crippen LogP contribution in [0.15, 0.2) is 0 Å². The molecule has 0 aromatic rings. The molecule has 0 saturated heterocycles. The lowest BCUT2D eigenvalue weighted by atomic mass is 10.1. The molecule has 0 bridgehead atoms. The molecular formula is C7H14Cl2. The molecule has 0 aromatic heterocycles. The quantitative estimate of drug-likeness (QED) is 0.565. The molecule has 0 aliphatic carbocycles. The molecule has 9 heavy (non-hydrogen) atoms. The van der Waals surface area contributed by atoms with Gasteiger partial charge >= 0.3 is 0 Å². The molecule has 0 N–H and O–H groups in total. The van der Waals surface area contributed by atoms with Gasteiger partial charge < -0.3 is 0 Å². The molecule has 0 radical (unpaired) electrons. The number of hydrogen-bond acceptors (Lipinski definition) is 0. The third kappa shape index (κ3) is 5.05. The molecule has 0 heterocycles. The van der Waals surface area contributed by atoms with Crippen molar-refractivity contribution in [2.24, 2.45) is 0 Å². The zero-order valence-corrected chi connectivity index (χ0v) is 7.54. The second-order valence-electron chi connectivity index (χ2n) is 2.25. The molecule has 1 unspecified atom stereocenters. The largest absolute Gasteiger partial charge is 0.123 e. The van der Waals surface area contributed by atoms with Gasteiger partial charge in [-0.3, -0.25) is 0 Å². The molecule has 56 valence electrons. The van der Waals surface area contributed by atoms with Crippen molar-refractivity contribution < 1.29 is 0 Å². The average Bonchev–Trinajstić information content (AvgIpc) is 1.87. The Hall–Kier alpha value is 0.580. The van der Waals surface area contributed by atoms with Crippen molar-refractivity contribution in [2.75, 3.05) is 0 Å². The van der Waals surface area contributed by atoms with Crippen LogP contribution in [0.2, 0.25) is 0 Å². The standard InChI is InChI=1S/C7H14Cl2/c1-3-6(8)5-7(9)4-2/h6-7H,3-5H2,1-2H3/t6-,7?/m0/s1. The zero-order chi connectivity index (χ0) is 7.28. The van der Waals surface area contributed by atoms with Gasteiger partial charge in [0.2, 0.25) is 0 Å². The molecular weight excluding hydrogens is 155 g/mol. The van der Waals surface area contributed by atoms with Crippen molar-refractivity contribution in [3.8, 4) is 0 Å². The second kappa shape index (κ2) is 5.37. The van der Waals surface area contributed by atoms with Crippen LogP contribution in [-0.2, 0) is 0 Å². The number of hydrogen-bond donors (Lipinski definition) is 0. The van der Waals surface area contributed by atoms with Gasteiger partial charge in [0.15, 0.2) is 0 Å². The van der Waals surface area contributed by atoms with Crippen molar-refractivity contribution in [3.63, 3.8) is 0 Å². The van der Waals surface area contributed by atoms with Gasteiger partial charge in [0.1, 0.15) is 0 Å². The molecule has 2 heteroatoms. The van der Waals surface area contributed by atoms with Gasteiger partial charge in [-0.2, -0.15) is 0 Å². The summed E-state index contributed by atoms with van der Waals surface area (Å²) in [5.41, 5.74) is 0. The maximum absolute atomic E-state index is 5.85. The first-order valence-corrected chi connectivity index (χ1v) is 4.36. The first kappa shape index (κ1) is 9.58. The normalized spacial score (nSPS) is 17.3. The Kier molecular flexibility index (Phi) is 5.72. The van der Waals surface area contributed by atoms with Gasteiger partial charge in [-0.15, -0.1) is 23.2 Å². The Balaban J connectivity index is 3.22. The van der Waals surface area contributed by atoms with E-state index in [-0.39, 0.29) is 10.8 Å². The van der Waals surface area contributed by atoms with E-state index in [2.05, 4.69) is 13.8 Å². The summed E-state index contributed by atoms with van der Waals surface area (Å²) in [6, 6.07) is 0. The molecule has 0 aliphatic heterocycles. The lowest BCUT2D eigenvalue weighted by Crippen LogP contribution is -2.05. The van der Waals surface area contributed by atoms with Crippen molar-refractivity contribution in [2.45, 2.75) is 43.9 Å². The summed E-state index contributed by atoms with van der Waals surface area (Å²) in [7, 11) is 0. The summed E-state index contributed by atoms with van der Waals surface area (Å²) in [6.45, 7) is 4.16. The minimum atomic E-state index is 0.271. The Morgan fingerprint density at radius 2 is 1.33 bits per heavy atom. The minimum absolute atomic E-state index is 0.271. The zero-order valence-electron chi connectivity index (χ0n) is 6.03. The third-order valence-corrected chi connectivity index (χ3v) is 2.37. The monoisotopic (exact) mass is 168 g/mol. The fourth-order valence-electron chi connectivity index (χ4n) is 0.611. The highest BCUT2D eigenvalue weighted by Gasteiger charge is 2.07. The number of alkyl halides is 2. The Bertz CT molecular complexity index is 55.9. The van der Waals surface area contributed by atoms with Crippen LogP contribution in [0.25, 0.3) is 0 Å². The summed E-state index contributed by atoms with van der Waals surface area (Å²) in [5.74, 6) is 0. The Morgan fingerprint density at radius 1 is 1.00 bits per heavy atom. The topological polar surface area (TPSA) is 0 Å². The molecule has 0 rings (SSSR count). The molecule has 2 atom stereocenters. The first-order valence-electron chi connectivity index (χ1n) is 3.48. The van der Waals surface area contributed by atoms with Crippen molar-refractivity contribution >= 4 is 23.2 Å². The van der Waals surface area contributed by atoms with Crippen LogP contribution >= 0.6 is 23.2 Å². The van der Waals surface area contributed by atoms with Crippen LogP contribution in [0.1, 0.15) is 33.1 Å². The van der Waals surface area contributed by atoms with Gasteiger partial charge in [0.25, 0.3) is 0 Å². The lowest BCUT2D eigenvalue weighted by Gasteiger charge is -2.09. The molecule has 0 fully saturated rings. The average molecular weight is 169 g/mol. The Labute approximate surface area is 67.5 Å². The summed E-state index contributed by atoms with van der Waals surface area (Å²) in [5, 5.41) is 0.542. The molecule has 0 nitrogen and oxygen atoms in total. The maximum Gasteiger partial charge on any atom is 0.0347 e. The van der Waals surface area contributed by atoms with Crippen LogP contribution < -0.4 is 0 Å². The van der Waals surface area contributed by atoms with Crippen LogP contribution in [-0.4, -0.2) is 10.8 Å². The van der Waals surface area contributed by atoms with E-state index in [0.29, 0.717) is 0 Å². The van der Waals surface area contributed by atoms with Gasteiger partial charge in [-0.05, 0) is 19.3 Å². The summed E-state index contributed by atoms with van der Waals surface area (Å²) >= 11 is 11.7. The van der Waals surface area contributed by atoms with E-state index >= 15 is 0 Å². The number of rotatable bonds is 4. The van der Waals surface area contributed by atoms with E-state index in [9.17, 15) is 0 Å². The third-order valence-electron chi connectivity index (χ3n) is 1.40. The molecule has 0 aromatic carbocycles. The lowest BCUT2D eigenvalue weighted by molar-refractivity contribution is 0.671. The van der Waals surface area contributed by atoms with Gasteiger partial charge in [-0.1, -0.05) is 13.8 Å². The van der Waals surface area contributed by atoms with E-state index in [4.69, 9.17) is 23.2 Å². The summed E-state index contributed by atoms with van der Waals surface area (Å²) in [6.07, 6.45) is 2.98. The van der Waals surface area contributed by atoms with Crippen molar-refractivity contribution in [1.29, 1.82) is 0 Å². The SMILES string of the molecule is CCC(Cl)C[C@@H](Cl)CC. The highest BCUT2D eigenvalue weighted by atomic mass is 35.5. The fourth-order valence-corrected chi connectivity index (χ4v) is 1.13. The summed E-state index contributed by atoms with van der Waals surface area (Å²) in [4.78, 5) is 0. The molecule has 0 aliphatic rings. The maximum atomic E-state index is 5.85. The van der Waals surface area contributed by atoms with E-state index < -0.39 is 0 Å². The van der Waals surface area contributed by atoms with Gasteiger partial charge in [-0.25, -0.2) is 0 Å². The van der Waals surface area contributed by atoms with Crippen LogP contribution in [0, 0.1) is 0 Å². The summed E-state index contributed by atoms with van der Waals surface area (Å²) < 4.78 is 0. The van der Waals surface area contributed by atoms with Crippen molar-refractivity contribution in [3.05, 3.63) is 0 Å². The van der Waals surface area contributed by atoms with Crippen molar-refractivity contribution in [1.82, 2.24) is 0 Å². The van der Waals surface area contributed by atoms with Crippen LogP contribution in [0.3, 0.4) is 0 Å². The smallest absolute Gasteiger partial charge is 0.0347 e. The first-order chi connectivity index (χ1) is 4.20. The highest BCUT2D eigenvalue weighted by Crippen LogP contribution is 2.15. The van der Waals surface area contributed by atoms with E-state index in [1.54, 1.807) is 0 Å². The number of halogens is 2.